The Morgan fingerprint density at radius 3 is 2.19 bits per heavy atom. The fraction of sp³-hybridized carbons (Fsp3) is 0.107. The zero-order valence-electron chi connectivity index (χ0n) is 19.1. The number of fused-ring (bicyclic) bond motifs is 1. The van der Waals surface area contributed by atoms with Crippen LogP contribution >= 0.6 is 0 Å². The van der Waals surface area contributed by atoms with Crippen molar-refractivity contribution in [3.05, 3.63) is 118 Å². The number of hydrogen-bond donors (Lipinski definition) is 1. The van der Waals surface area contributed by atoms with E-state index in [1.54, 1.807) is 36.4 Å². The number of esters is 1. The predicted octanol–water partition coefficient (Wildman–Crippen LogP) is 5.63. The lowest BCUT2D eigenvalue weighted by molar-refractivity contribution is -0.384. The van der Waals surface area contributed by atoms with Crippen LogP contribution in [0.15, 0.2) is 97.1 Å². The van der Waals surface area contributed by atoms with Gasteiger partial charge in [-0.3, -0.25) is 24.5 Å². The van der Waals surface area contributed by atoms with Crippen LogP contribution in [-0.2, 0) is 14.3 Å². The van der Waals surface area contributed by atoms with Crippen molar-refractivity contribution in [3.63, 3.8) is 0 Å². The van der Waals surface area contributed by atoms with Crippen molar-refractivity contribution in [1.29, 1.82) is 0 Å². The molecule has 4 aromatic rings. The maximum absolute atomic E-state index is 13.1. The number of nitrogens with one attached hydrogen (secondary N) is 1. The van der Waals surface area contributed by atoms with Gasteiger partial charge in [0.25, 0.3) is 5.69 Å². The summed E-state index contributed by atoms with van der Waals surface area (Å²) < 4.78 is 5.49. The number of amides is 1. The molecule has 0 saturated carbocycles. The van der Waals surface area contributed by atoms with Crippen LogP contribution in [0.25, 0.3) is 10.8 Å². The molecule has 0 saturated heterocycles. The first-order valence-corrected chi connectivity index (χ1v) is 11.2. The van der Waals surface area contributed by atoms with Gasteiger partial charge in [-0.25, -0.2) is 0 Å². The van der Waals surface area contributed by atoms with Crippen LogP contribution in [0.4, 0.5) is 11.4 Å². The second-order valence-electron chi connectivity index (χ2n) is 8.02. The molecule has 8 nitrogen and oxygen atoms in total. The molecule has 0 bridgehead atoms. The first-order valence-electron chi connectivity index (χ1n) is 11.2. The van der Waals surface area contributed by atoms with Gasteiger partial charge in [0.2, 0.25) is 11.7 Å². The maximum Gasteiger partial charge on any atom is 0.307 e. The smallest absolute Gasteiger partial charge is 0.307 e. The van der Waals surface area contributed by atoms with E-state index in [1.165, 1.54) is 24.3 Å². The molecule has 36 heavy (non-hydrogen) atoms. The molecule has 180 valence electrons. The standard InChI is InChI=1S/C28H22N2O6/c31-25(29-24-12-6-10-19-7-4-5-11-23(19)24)17-18-26(32)36-28(27(33)20-8-2-1-3-9-20)21-13-15-22(16-14-21)30(34)35/h1-16,28H,17-18H2,(H,29,31)/t28-/m1/s1. The number of rotatable bonds is 9. The molecular formula is C28H22N2O6. The highest BCUT2D eigenvalue weighted by Crippen LogP contribution is 2.26. The highest BCUT2D eigenvalue weighted by molar-refractivity contribution is 6.03. The fourth-order valence-electron chi connectivity index (χ4n) is 3.75. The first kappa shape index (κ1) is 24.3. The SMILES string of the molecule is O=C(CCC(=O)O[C@@H](C(=O)c1ccccc1)c1ccc([N+](=O)[O-])cc1)Nc1cccc2ccccc12. The van der Waals surface area contributed by atoms with E-state index >= 15 is 0 Å². The largest absolute Gasteiger partial charge is 0.449 e. The third kappa shape index (κ3) is 5.79. The number of hydrogen-bond acceptors (Lipinski definition) is 6. The van der Waals surface area contributed by atoms with Crippen LogP contribution in [0.3, 0.4) is 0 Å². The summed E-state index contributed by atoms with van der Waals surface area (Å²) in [6.07, 6.45) is -1.70. The van der Waals surface area contributed by atoms with E-state index in [0.29, 0.717) is 16.8 Å². The van der Waals surface area contributed by atoms with Gasteiger partial charge in [0.05, 0.1) is 11.3 Å². The molecule has 0 radical (unpaired) electrons. The first-order chi connectivity index (χ1) is 17.4. The summed E-state index contributed by atoms with van der Waals surface area (Å²) in [6, 6.07) is 26.7. The summed E-state index contributed by atoms with van der Waals surface area (Å²) in [5.41, 5.74) is 1.10. The van der Waals surface area contributed by atoms with Gasteiger partial charge in [0.1, 0.15) is 0 Å². The van der Waals surface area contributed by atoms with E-state index in [1.807, 2.05) is 36.4 Å². The number of nitro benzene ring substituents is 1. The maximum atomic E-state index is 13.1. The lowest BCUT2D eigenvalue weighted by Gasteiger charge is -2.17. The highest BCUT2D eigenvalue weighted by atomic mass is 16.6. The summed E-state index contributed by atoms with van der Waals surface area (Å²) in [7, 11) is 0. The minimum atomic E-state index is -1.30. The van der Waals surface area contributed by atoms with E-state index in [9.17, 15) is 24.5 Å². The van der Waals surface area contributed by atoms with Crippen LogP contribution in [0.5, 0.6) is 0 Å². The molecular weight excluding hydrogens is 460 g/mol. The number of carbonyl (C=O) groups excluding carboxylic acids is 3. The minimum absolute atomic E-state index is 0.144. The molecule has 4 aromatic carbocycles. The Bertz CT molecular complexity index is 1410. The average molecular weight is 482 g/mol. The second kappa shape index (κ2) is 11.1. The van der Waals surface area contributed by atoms with Crippen LogP contribution < -0.4 is 5.32 Å². The molecule has 0 aromatic heterocycles. The van der Waals surface area contributed by atoms with Gasteiger partial charge in [-0.15, -0.1) is 0 Å². The van der Waals surface area contributed by atoms with Crippen LogP contribution in [0.2, 0.25) is 0 Å². The fourth-order valence-corrected chi connectivity index (χ4v) is 3.75. The Hall–Kier alpha value is -4.85. The van der Waals surface area contributed by atoms with Crippen molar-refractivity contribution in [2.45, 2.75) is 18.9 Å². The minimum Gasteiger partial charge on any atom is -0.449 e. The van der Waals surface area contributed by atoms with Crippen LogP contribution in [0, 0.1) is 10.1 Å². The Kier molecular flexibility index (Phi) is 7.45. The number of non-ortho nitro benzene ring substituents is 1. The monoisotopic (exact) mass is 482 g/mol. The van der Waals surface area contributed by atoms with Gasteiger partial charge in [-0.2, -0.15) is 0 Å². The average Bonchev–Trinajstić information content (AvgIpc) is 2.91. The van der Waals surface area contributed by atoms with Crippen molar-refractivity contribution in [2.24, 2.45) is 0 Å². The van der Waals surface area contributed by atoms with E-state index in [0.717, 1.165) is 10.8 Å². The van der Waals surface area contributed by atoms with Crippen molar-refractivity contribution < 1.29 is 24.0 Å². The van der Waals surface area contributed by atoms with Gasteiger partial charge < -0.3 is 10.1 Å². The molecule has 1 atom stereocenters. The molecule has 0 aliphatic heterocycles. The summed E-state index contributed by atoms with van der Waals surface area (Å²) in [6.45, 7) is 0. The van der Waals surface area contributed by atoms with Crippen molar-refractivity contribution in [2.75, 3.05) is 5.32 Å². The number of carbonyl (C=O) groups is 3. The lowest BCUT2D eigenvalue weighted by atomic mass is 9.99. The molecule has 4 rings (SSSR count). The molecule has 0 fully saturated rings. The Balaban J connectivity index is 1.45. The third-order valence-electron chi connectivity index (χ3n) is 5.57. The van der Waals surface area contributed by atoms with Gasteiger partial charge in [-0.1, -0.05) is 66.7 Å². The molecule has 0 aliphatic carbocycles. The summed E-state index contributed by atoms with van der Waals surface area (Å²) in [5.74, 6) is -1.58. The number of anilines is 1. The van der Waals surface area contributed by atoms with Gasteiger partial charge >= 0.3 is 5.97 Å². The summed E-state index contributed by atoms with van der Waals surface area (Å²) in [4.78, 5) is 48.7. The number of ketones is 1. The number of ether oxygens (including phenoxy) is 1. The topological polar surface area (TPSA) is 116 Å². The summed E-state index contributed by atoms with van der Waals surface area (Å²) >= 11 is 0. The number of nitrogens with zero attached hydrogens (tertiary/aromatic N) is 1. The normalized spacial score (nSPS) is 11.4. The van der Waals surface area contributed by atoms with Crippen LogP contribution in [-0.4, -0.2) is 22.6 Å². The van der Waals surface area contributed by atoms with Gasteiger partial charge in [0, 0.05) is 40.8 Å². The quantitative estimate of drug-likeness (QED) is 0.143. The van der Waals surface area contributed by atoms with E-state index < -0.39 is 22.8 Å². The second-order valence-corrected chi connectivity index (χ2v) is 8.02. The Labute approximate surface area is 206 Å². The van der Waals surface area contributed by atoms with Crippen molar-refractivity contribution in [1.82, 2.24) is 0 Å². The number of benzene rings is 4. The number of nitro groups is 1. The van der Waals surface area contributed by atoms with E-state index in [2.05, 4.69) is 5.32 Å². The number of Topliss-reactive ketones (excluding diaryl/α,β-unsaturated/α-hetero) is 1. The Morgan fingerprint density at radius 1 is 0.806 bits per heavy atom. The predicted molar refractivity (Wildman–Crippen MR) is 135 cm³/mol. The zero-order chi connectivity index (χ0) is 25.5. The zero-order valence-corrected chi connectivity index (χ0v) is 19.1. The van der Waals surface area contributed by atoms with Crippen molar-refractivity contribution >= 4 is 39.8 Å². The molecule has 8 heteroatoms. The van der Waals surface area contributed by atoms with Gasteiger partial charge in [0.15, 0.2) is 6.10 Å². The molecule has 0 heterocycles. The van der Waals surface area contributed by atoms with Crippen molar-refractivity contribution in [3.8, 4) is 0 Å². The van der Waals surface area contributed by atoms with E-state index in [-0.39, 0.29) is 24.4 Å². The lowest BCUT2D eigenvalue weighted by Crippen LogP contribution is -2.21. The molecule has 0 spiro atoms. The van der Waals surface area contributed by atoms with Gasteiger partial charge in [-0.05, 0) is 23.6 Å². The molecule has 0 aliphatic rings. The highest BCUT2D eigenvalue weighted by Gasteiger charge is 2.27. The third-order valence-corrected chi connectivity index (χ3v) is 5.57. The van der Waals surface area contributed by atoms with E-state index in [4.69, 9.17) is 4.74 Å². The molecule has 0 unspecified atom stereocenters. The van der Waals surface area contributed by atoms with Crippen LogP contribution in [0.1, 0.15) is 34.9 Å². The molecule has 1 amide bonds. The Morgan fingerprint density at radius 2 is 1.47 bits per heavy atom. The molecule has 1 N–H and O–H groups in total. The summed E-state index contributed by atoms with van der Waals surface area (Å²) in [5, 5.41) is 15.6.